The van der Waals surface area contributed by atoms with Gasteiger partial charge < -0.3 is 11.1 Å². The first kappa shape index (κ1) is 16.6. The van der Waals surface area contributed by atoms with Crippen LogP contribution in [0.5, 0.6) is 0 Å². The lowest BCUT2D eigenvalue weighted by atomic mass is 10.2. The fourth-order valence-electron chi connectivity index (χ4n) is 1.75. The van der Waals surface area contributed by atoms with Gasteiger partial charge in [-0.25, -0.2) is 8.78 Å². The maximum Gasteiger partial charge on any atom is 0.233 e. The lowest BCUT2D eigenvalue weighted by molar-refractivity contribution is -0.119. The molecule has 1 aromatic rings. The average molecular weight is 304 g/mol. The van der Waals surface area contributed by atoms with Crippen molar-refractivity contribution in [3.63, 3.8) is 0 Å². The van der Waals surface area contributed by atoms with E-state index in [1.54, 1.807) is 0 Å². The summed E-state index contributed by atoms with van der Waals surface area (Å²) in [5.74, 6) is -2.98. The summed E-state index contributed by atoms with van der Waals surface area (Å²) < 4.78 is 39.0. The number of hydrogen-bond donors (Lipinski definition) is 2. The van der Waals surface area contributed by atoms with Crippen molar-refractivity contribution in [1.82, 2.24) is 5.32 Å². The van der Waals surface area contributed by atoms with Crippen LogP contribution in [0.15, 0.2) is 17.0 Å². The van der Waals surface area contributed by atoms with E-state index in [1.165, 1.54) is 0 Å². The van der Waals surface area contributed by atoms with Gasteiger partial charge in [-0.05, 0) is 25.0 Å². The fraction of sp³-hybridized carbons (Fsp3) is 0.462. The highest BCUT2D eigenvalue weighted by Gasteiger charge is 2.20. The third-order valence-electron chi connectivity index (χ3n) is 2.86. The van der Waals surface area contributed by atoms with E-state index in [0.717, 1.165) is 25.0 Å². The molecule has 1 rings (SSSR count). The molecule has 0 fully saturated rings. The average Bonchev–Trinajstić information content (AvgIpc) is 2.34. The van der Waals surface area contributed by atoms with Gasteiger partial charge in [0.15, 0.2) is 0 Å². The summed E-state index contributed by atoms with van der Waals surface area (Å²) in [7, 11) is -2.08. The van der Waals surface area contributed by atoms with Gasteiger partial charge in [0, 0.05) is 11.7 Å². The Kier molecular flexibility index (Phi) is 6.06. The van der Waals surface area contributed by atoms with E-state index in [-0.39, 0.29) is 11.7 Å². The fourth-order valence-corrected chi connectivity index (χ4v) is 2.77. The molecule has 4 nitrogen and oxygen atoms in total. The van der Waals surface area contributed by atoms with Gasteiger partial charge >= 0.3 is 0 Å². The van der Waals surface area contributed by atoms with E-state index in [2.05, 4.69) is 5.32 Å². The lowest BCUT2D eigenvalue weighted by Crippen LogP contribution is -2.36. The maximum atomic E-state index is 13.6. The van der Waals surface area contributed by atoms with Crippen LogP contribution in [-0.4, -0.2) is 21.9 Å². The van der Waals surface area contributed by atoms with Crippen LogP contribution in [0.4, 0.5) is 14.5 Å². The molecule has 1 unspecified atom stereocenters. The zero-order valence-electron chi connectivity index (χ0n) is 11.4. The predicted molar refractivity (Wildman–Crippen MR) is 74.6 cm³/mol. The first-order chi connectivity index (χ1) is 9.38. The van der Waals surface area contributed by atoms with Crippen LogP contribution in [0.1, 0.15) is 26.7 Å². The summed E-state index contributed by atoms with van der Waals surface area (Å²) in [5.41, 5.74) is 5.18. The Morgan fingerprint density at radius 3 is 2.25 bits per heavy atom. The summed E-state index contributed by atoms with van der Waals surface area (Å²) >= 11 is 0. The number of anilines is 1. The highest BCUT2D eigenvalue weighted by molar-refractivity contribution is 7.85. The van der Waals surface area contributed by atoms with Crippen molar-refractivity contribution in [3.8, 4) is 0 Å². The van der Waals surface area contributed by atoms with Crippen molar-refractivity contribution in [2.45, 2.75) is 37.6 Å². The molecule has 0 bridgehead atoms. The largest absolute Gasteiger partial charge is 0.399 e. The van der Waals surface area contributed by atoms with Crippen LogP contribution < -0.4 is 11.1 Å². The standard InChI is InChI=1S/C13H18F2N2O2S/c1-3-9(4-2)17-12(18)7-20(19)13-10(14)5-8(16)6-11(13)15/h5-6,9H,3-4,7,16H2,1-2H3,(H,17,18). The van der Waals surface area contributed by atoms with Crippen LogP contribution in [0, 0.1) is 11.6 Å². The van der Waals surface area contributed by atoms with Crippen LogP contribution in [0.25, 0.3) is 0 Å². The minimum absolute atomic E-state index is 0.0272. The van der Waals surface area contributed by atoms with E-state index in [1.807, 2.05) is 13.8 Å². The molecule has 112 valence electrons. The third-order valence-corrected chi connectivity index (χ3v) is 4.23. The number of carbonyl (C=O) groups is 1. The molecule has 0 aliphatic carbocycles. The minimum Gasteiger partial charge on any atom is -0.399 e. The molecule has 7 heteroatoms. The molecule has 0 radical (unpaired) electrons. The van der Waals surface area contributed by atoms with Gasteiger partial charge in [0.25, 0.3) is 0 Å². The summed E-state index contributed by atoms with van der Waals surface area (Å²) in [4.78, 5) is 11.1. The molecule has 0 saturated heterocycles. The van der Waals surface area contributed by atoms with Crippen LogP contribution in [-0.2, 0) is 15.6 Å². The quantitative estimate of drug-likeness (QED) is 0.789. The highest BCUT2D eigenvalue weighted by atomic mass is 32.2. The summed E-state index contributed by atoms with van der Waals surface area (Å²) in [6.45, 7) is 3.81. The number of benzene rings is 1. The van der Waals surface area contributed by atoms with Crippen LogP contribution in [0.3, 0.4) is 0 Å². The van der Waals surface area contributed by atoms with Gasteiger partial charge in [-0.1, -0.05) is 13.8 Å². The molecule has 3 N–H and O–H groups in total. The summed E-state index contributed by atoms with van der Waals surface area (Å²) in [6.07, 6.45) is 1.47. The van der Waals surface area contributed by atoms with Gasteiger partial charge in [0.2, 0.25) is 5.91 Å². The Hall–Kier alpha value is -1.50. The Balaban J connectivity index is 2.79. The first-order valence-corrected chi connectivity index (χ1v) is 7.63. The number of amides is 1. The SMILES string of the molecule is CCC(CC)NC(=O)CS(=O)c1c(F)cc(N)cc1F. The smallest absolute Gasteiger partial charge is 0.233 e. The monoisotopic (exact) mass is 304 g/mol. The topological polar surface area (TPSA) is 72.2 Å². The molecule has 1 amide bonds. The van der Waals surface area contributed by atoms with Gasteiger partial charge in [0.05, 0.1) is 10.8 Å². The molecule has 0 aliphatic rings. The Morgan fingerprint density at radius 1 is 1.30 bits per heavy atom. The first-order valence-electron chi connectivity index (χ1n) is 6.31. The summed E-state index contributed by atoms with van der Waals surface area (Å²) in [5, 5.41) is 2.67. The molecule has 20 heavy (non-hydrogen) atoms. The molecule has 1 atom stereocenters. The zero-order chi connectivity index (χ0) is 15.3. The zero-order valence-corrected chi connectivity index (χ0v) is 12.2. The van der Waals surface area contributed by atoms with E-state index < -0.39 is 39.0 Å². The number of nitrogens with one attached hydrogen (secondary N) is 1. The lowest BCUT2D eigenvalue weighted by Gasteiger charge is -2.14. The van der Waals surface area contributed by atoms with Crippen LogP contribution >= 0.6 is 0 Å². The number of nitrogen functional groups attached to an aromatic ring is 1. The molecule has 0 aliphatic heterocycles. The Bertz CT molecular complexity index is 496. The number of rotatable bonds is 6. The minimum atomic E-state index is -2.08. The van der Waals surface area contributed by atoms with Gasteiger partial charge in [0.1, 0.15) is 22.3 Å². The third kappa shape index (κ3) is 4.26. The van der Waals surface area contributed by atoms with Crippen LogP contribution in [0.2, 0.25) is 0 Å². The second-order valence-corrected chi connectivity index (χ2v) is 5.77. The van der Waals surface area contributed by atoms with E-state index in [9.17, 15) is 17.8 Å². The van der Waals surface area contributed by atoms with E-state index in [0.29, 0.717) is 0 Å². The van der Waals surface area contributed by atoms with Crippen molar-refractivity contribution in [2.75, 3.05) is 11.5 Å². The molecule has 0 heterocycles. The van der Waals surface area contributed by atoms with Crippen molar-refractivity contribution in [1.29, 1.82) is 0 Å². The second kappa shape index (κ2) is 7.33. The van der Waals surface area contributed by atoms with Crippen molar-refractivity contribution in [3.05, 3.63) is 23.8 Å². The second-order valence-electron chi connectivity index (χ2n) is 4.38. The number of nitrogens with two attached hydrogens (primary N) is 1. The molecule has 0 saturated carbocycles. The van der Waals surface area contributed by atoms with Gasteiger partial charge in [-0.2, -0.15) is 0 Å². The number of carbonyl (C=O) groups excluding carboxylic acids is 1. The molecular formula is C13H18F2N2O2S. The molecule has 0 spiro atoms. The number of halogens is 2. The van der Waals surface area contributed by atoms with Crippen molar-refractivity contribution < 1.29 is 17.8 Å². The molecule has 0 aromatic heterocycles. The molecule has 1 aromatic carbocycles. The van der Waals surface area contributed by atoms with Gasteiger partial charge in [-0.15, -0.1) is 0 Å². The molecular weight excluding hydrogens is 286 g/mol. The van der Waals surface area contributed by atoms with E-state index >= 15 is 0 Å². The number of hydrogen-bond acceptors (Lipinski definition) is 3. The van der Waals surface area contributed by atoms with Crippen molar-refractivity contribution in [2.24, 2.45) is 0 Å². The normalized spacial score (nSPS) is 12.4. The summed E-state index contributed by atoms with van der Waals surface area (Å²) in [6, 6.07) is 1.74. The predicted octanol–water partition coefficient (Wildman–Crippen LogP) is 1.96. The Morgan fingerprint density at radius 2 is 1.80 bits per heavy atom. The Labute approximate surface area is 119 Å². The van der Waals surface area contributed by atoms with Crippen molar-refractivity contribution >= 4 is 22.4 Å². The van der Waals surface area contributed by atoms with E-state index in [4.69, 9.17) is 5.73 Å². The highest BCUT2D eigenvalue weighted by Crippen LogP contribution is 2.20. The maximum absolute atomic E-state index is 13.6. The van der Waals surface area contributed by atoms with Gasteiger partial charge in [-0.3, -0.25) is 9.00 Å².